The van der Waals surface area contributed by atoms with E-state index < -0.39 is 11.9 Å². The molecule has 0 aromatic rings. The van der Waals surface area contributed by atoms with Gasteiger partial charge in [0.25, 0.3) is 0 Å². The van der Waals surface area contributed by atoms with E-state index in [0.717, 1.165) is 0 Å². The van der Waals surface area contributed by atoms with Gasteiger partial charge in [-0.2, -0.15) is 0 Å². The van der Waals surface area contributed by atoms with E-state index in [9.17, 15) is 9.59 Å². The fourth-order valence-electron chi connectivity index (χ4n) is 1.65. The number of hydrogen-bond acceptors (Lipinski definition) is 3. The topological polar surface area (TPSA) is 63.6 Å². The molecule has 0 aromatic carbocycles. The molecule has 0 aliphatic heterocycles. The predicted molar refractivity (Wildman–Crippen MR) is 45.4 cm³/mol. The Balaban J connectivity index is 2.52. The Morgan fingerprint density at radius 1 is 1.62 bits per heavy atom. The zero-order valence-corrected chi connectivity index (χ0v) is 7.66. The van der Waals surface area contributed by atoms with Gasteiger partial charge in [0, 0.05) is 19.4 Å². The molecule has 1 aliphatic rings. The molecule has 0 aromatic heterocycles. The van der Waals surface area contributed by atoms with Crippen LogP contribution in [0.25, 0.3) is 0 Å². The van der Waals surface area contributed by atoms with Crippen LogP contribution in [0.2, 0.25) is 0 Å². The first-order valence-corrected chi connectivity index (χ1v) is 4.49. The SMILES string of the molecule is CCOC1CC(=O)CC(C(=O)O)C1. The zero-order valence-electron chi connectivity index (χ0n) is 7.66. The van der Waals surface area contributed by atoms with Gasteiger partial charge in [0.1, 0.15) is 5.78 Å². The van der Waals surface area contributed by atoms with Gasteiger partial charge in [0.15, 0.2) is 0 Å². The van der Waals surface area contributed by atoms with Crippen molar-refractivity contribution in [3.8, 4) is 0 Å². The number of ketones is 1. The summed E-state index contributed by atoms with van der Waals surface area (Å²) >= 11 is 0. The molecule has 1 N–H and O–H groups in total. The largest absolute Gasteiger partial charge is 0.481 e. The Morgan fingerprint density at radius 3 is 2.85 bits per heavy atom. The average molecular weight is 186 g/mol. The van der Waals surface area contributed by atoms with Gasteiger partial charge in [-0.1, -0.05) is 0 Å². The minimum absolute atomic E-state index is 0.00269. The monoisotopic (exact) mass is 186 g/mol. The number of Topliss-reactive ketones (excluding diaryl/α,β-unsaturated/α-hetero) is 1. The molecule has 0 heterocycles. The molecule has 0 saturated heterocycles. The minimum Gasteiger partial charge on any atom is -0.481 e. The number of carboxylic acid groups (broad SMARTS) is 1. The van der Waals surface area contributed by atoms with Crippen LogP contribution in [0.4, 0.5) is 0 Å². The van der Waals surface area contributed by atoms with Crippen molar-refractivity contribution in [3.05, 3.63) is 0 Å². The maximum atomic E-state index is 11.1. The third-order valence-corrected chi connectivity index (χ3v) is 2.23. The molecule has 2 atom stereocenters. The summed E-state index contributed by atoms with van der Waals surface area (Å²) in [6.45, 7) is 2.37. The normalized spacial score (nSPS) is 28.8. The first kappa shape index (κ1) is 10.2. The van der Waals surface area contributed by atoms with Gasteiger partial charge in [-0.15, -0.1) is 0 Å². The lowest BCUT2D eigenvalue weighted by Crippen LogP contribution is -2.32. The Kier molecular flexibility index (Phi) is 3.42. The summed E-state index contributed by atoms with van der Waals surface area (Å²) in [5, 5.41) is 8.73. The van der Waals surface area contributed by atoms with E-state index in [-0.39, 0.29) is 18.3 Å². The highest BCUT2D eigenvalue weighted by molar-refractivity contribution is 5.85. The number of rotatable bonds is 3. The van der Waals surface area contributed by atoms with Gasteiger partial charge < -0.3 is 9.84 Å². The lowest BCUT2D eigenvalue weighted by atomic mass is 9.86. The van der Waals surface area contributed by atoms with Crippen molar-refractivity contribution in [1.82, 2.24) is 0 Å². The van der Waals surface area contributed by atoms with E-state index >= 15 is 0 Å². The van der Waals surface area contributed by atoms with Gasteiger partial charge >= 0.3 is 5.97 Å². The third-order valence-electron chi connectivity index (χ3n) is 2.23. The quantitative estimate of drug-likeness (QED) is 0.709. The summed E-state index contributed by atoms with van der Waals surface area (Å²) in [6.07, 6.45) is 0.818. The van der Waals surface area contributed by atoms with Crippen molar-refractivity contribution in [2.75, 3.05) is 6.61 Å². The van der Waals surface area contributed by atoms with E-state index in [1.54, 1.807) is 0 Å². The van der Waals surface area contributed by atoms with Crippen molar-refractivity contribution < 1.29 is 19.4 Å². The molecule has 13 heavy (non-hydrogen) atoms. The van der Waals surface area contributed by atoms with Gasteiger partial charge in [0.2, 0.25) is 0 Å². The minimum atomic E-state index is -0.891. The van der Waals surface area contributed by atoms with Crippen LogP contribution in [0.5, 0.6) is 0 Å². The molecular weight excluding hydrogens is 172 g/mol. The van der Waals surface area contributed by atoms with E-state index in [2.05, 4.69) is 0 Å². The maximum Gasteiger partial charge on any atom is 0.307 e. The van der Waals surface area contributed by atoms with Crippen LogP contribution in [0, 0.1) is 5.92 Å². The lowest BCUT2D eigenvalue weighted by molar-refractivity contribution is -0.148. The average Bonchev–Trinajstić information content (AvgIpc) is 2.03. The summed E-state index contributed by atoms with van der Waals surface area (Å²) in [4.78, 5) is 21.8. The molecule has 2 unspecified atom stereocenters. The fourth-order valence-corrected chi connectivity index (χ4v) is 1.65. The molecule has 1 aliphatic carbocycles. The number of carbonyl (C=O) groups excluding carboxylic acids is 1. The molecule has 0 amide bonds. The summed E-state index contributed by atoms with van der Waals surface area (Å²) < 4.78 is 5.25. The molecule has 0 spiro atoms. The summed E-state index contributed by atoms with van der Waals surface area (Å²) in [7, 11) is 0. The third kappa shape index (κ3) is 2.81. The number of aliphatic carboxylic acids is 1. The molecule has 4 nitrogen and oxygen atoms in total. The Morgan fingerprint density at radius 2 is 2.31 bits per heavy atom. The lowest BCUT2D eigenvalue weighted by Gasteiger charge is -2.25. The molecular formula is C9H14O4. The maximum absolute atomic E-state index is 11.1. The van der Waals surface area contributed by atoms with E-state index in [1.165, 1.54) is 0 Å². The highest BCUT2D eigenvalue weighted by atomic mass is 16.5. The molecule has 0 radical (unpaired) electrons. The second kappa shape index (κ2) is 4.37. The predicted octanol–water partition coefficient (Wildman–Crippen LogP) is 0.845. The van der Waals surface area contributed by atoms with E-state index in [4.69, 9.17) is 9.84 Å². The Labute approximate surface area is 76.9 Å². The van der Waals surface area contributed by atoms with Crippen molar-refractivity contribution in [1.29, 1.82) is 0 Å². The first-order chi connectivity index (χ1) is 6.13. The molecule has 4 heteroatoms. The van der Waals surface area contributed by atoms with Gasteiger partial charge in [-0.25, -0.2) is 0 Å². The highest BCUT2D eigenvalue weighted by Gasteiger charge is 2.31. The van der Waals surface area contributed by atoms with Crippen molar-refractivity contribution in [2.24, 2.45) is 5.92 Å². The first-order valence-electron chi connectivity index (χ1n) is 4.49. The van der Waals surface area contributed by atoms with E-state index in [1.807, 2.05) is 6.92 Å². The smallest absolute Gasteiger partial charge is 0.307 e. The second-order valence-corrected chi connectivity index (χ2v) is 3.30. The van der Waals surface area contributed by atoms with Crippen LogP contribution >= 0.6 is 0 Å². The standard InChI is InChI=1S/C9H14O4/c1-2-13-8-4-6(9(11)12)3-7(10)5-8/h6,8H,2-5H2,1H3,(H,11,12). The van der Waals surface area contributed by atoms with Crippen LogP contribution in [-0.4, -0.2) is 29.6 Å². The van der Waals surface area contributed by atoms with Crippen molar-refractivity contribution >= 4 is 11.8 Å². The summed E-state index contributed by atoms with van der Waals surface area (Å²) in [5.74, 6) is -1.44. The molecule has 1 saturated carbocycles. The summed E-state index contributed by atoms with van der Waals surface area (Å²) in [5.41, 5.74) is 0. The zero-order chi connectivity index (χ0) is 9.84. The van der Waals surface area contributed by atoms with Crippen LogP contribution in [0.15, 0.2) is 0 Å². The number of hydrogen-bond donors (Lipinski definition) is 1. The molecule has 1 fully saturated rings. The van der Waals surface area contributed by atoms with Gasteiger partial charge in [-0.05, 0) is 13.3 Å². The molecule has 1 rings (SSSR count). The molecule has 74 valence electrons. The second-order valence-electron chi connectivity index (χ2n) is 3.30. The van der Waals surface area contributed by atoms with Crippen LogP contribution in [-0.2, 0) is 14.3 Å². The Hall–Kier alpha value is -0.900. The number of carboxylic acids is 1. The van der Waals surface area contributed by atoms with E-state index in [0.29, 0.717) is 19.4 Å². The fraction of sp³-hybridized carbons (Fsp3) is 0.778. The van der Waals surface area contributed by atoms with Crippen LogP contribution < -0.4 is 0 Å². The number of carbonyl (C=O) groups is 2. The Bertz CT molecular complexity index is 212. The highest BCUT2D eigenvalue weighted by Crippen LogP contribution is 2.24. The van der Waals surface area contributed by atoms with Gasteiger partial charge in [0.05, 0.1) is 12.0 Å². The van der Waals surface area contributed by atoms with Crippen molar-refractivity contribution in [2.45, 2.75) is 32.3 Å². The number of ether oxygens (including phenoxy) is 1. The molecule has 0 bridgehead atoms. The van der Waals surface area contributed by atoms with Crippen LogP contribution in [0.1, 0.15) is 26.2 Å². The van der Waals surface area contributed by atoms with Gasteiger partial charge in [-0.3, -0.25) is 9.59 Å². The summed E-state index contributed by atoms with van der Waals surface area (Å²) in [6, 6.07) is 0. The van der Waals surface area contributed by atoms with Crippen LogP contribution in [0.3, 0.4) is 0 Å². The van der Waals surface area contributed by atoms with Crippen molar-refractivity contribution in [3.63, 3.8) is 0 Å².